The SMILES string of the molecule is C[C](=O)[Ag]([F])([F])([F])([F])([F])[F]. The Kier molecular flexibility index (Phi) is 0.996. The Labute approximate surface area is 51.0 Å². The van der Waals surface area contributed by atoms with Gasteiger partial charge in [-0.2, -0.15) is 0 Å². The topological polar surface area (TPSA) is 17.1 Å². The number of carbonyl (C=O) groups is 1. The number of hydrogen-bond donors (Lipinski definition) is 0. The van der Waals surface area contributed by atoms with Crippen LogP contribution in [-0.4, -0.2) is 4.00 Å². The molecule has 0 radical (unpaired) electrons. The van der Waals surface area contributed by atoms with E-state index in [1.165, 1.54) is 0 Å². The van der Waals surface area contributed by atoms with Gasteiger partial charge in [0.05, 0.1) is 0 Å². The molecule has 0 N–H and O–H groups in total. The molecule has 0 saturated carbocycles. The van der Waals surface area contributed by atoms with Gasteiger partial charge in [0.2, 0.25) is 0 Å². The maximum absolute atomic E-state index is 12.2. The van der Waals surface area contributed by atoms with Gasteiger partial charge in [-0.3, -0.25) is 0 Å². The molecule has 0 amide bonds. The van der Waals surface area contributed by atoms with E-state index in [1.54, 1.807) is 0 Å². The molecule has 0 heterocycles. The third kappa shape index (κ3) is 2.72. The summed E-state index contributed by atoms with van der Waals surface area (Å²) >= 11 is -12.2. The Morgan fingerprint density at radius 2 is 1.10 bits per heavy atom. The van der Waals surface area contributed by atoms with Gasteiger partial charge in [-0.25, -0.2) is 0 Å². The predicted octanol–water partition coefficient (Wildman–Crippen LogP) is 2.60. The van der Waals surface area contributed by atoms with Crippen molar-refractivity contribution in [3.63, 3.8) is 0 Å². The first kappa shape index (κ1) is 9.99. The molecule has 1 nitrogen and oxygen atoms in total. The van der Waals surface area contributed by atoms with Crippen molar-refractivity contribution in [1.29, 1.82) is 0 Å². The Morgan fingerprint density at radius 3 is 1.10 bits per heavy atom. The molecule has 0 aliphatic heterocycles. The fourth-order valence-corrected chi connectivity index (χ4v) is 0. The van der Waals surface area contributed by atoms with Crippen LogP contribution in [-0.2, 0) is 21.3 Å². The quantitative estimate of drug-likeness (QED) is 0.526. The van der Waals surface area contributed by atoms with Crippen LogP contribution in [0.1, 0.15) is 6.92 Å². The fraction of sp³-hybridized carbons (Fsp3) is 0.500. The molecule has 8 heteroatoms. The van der Waals surface area contributed by atoms with E-state index in [-0.39, 0.29) is 0 Å². The van der Waals surface area contributed by atoms with E-state index >= 15 is 0 Å². The molecule has 0 saturated heterocycles. The molecule has 0 atom stereocenters. The van der Waals surface area contributed by atoms with Crippen LogP contribution in [0.5, 0.6) is 0 Å². The van der Waals surface area contributed by atoms with Crippen molar-refractivity contribution in [2.24, 2.45) is 0 Å². The van der Waals surface area contributed by atoms with E-state index in [0.29, 0.717) is 0 Å². The first-order valence-electron chi connectivity index (χ1n) is 1.54. The van der Waals surface area contributed by atoms with Crippen molar-refractivity contribution < 1.29 is 39.4 Å². The van der Waals surface area contributed by atoms with Gasteiger partial charge in [0.1, 0.15) is 0 Å². The van der Waals surface area contributed by atoms with Gasteiger partial charge in [-0.05, 0) is 0 Å². The van der Waals surface area contributed by atoms with Gasteiger partial charge in [0, 0.05) is 0 Å². The van der Waals surface area contributed by atoms with Gasteiger partial charge >= 0.3 is 50.3 Å². The molecule has 0 aromatic heterocycles. The summed E-state index contributed by atoms with van der Waals surface area (Å²) in [6, 6.07) is 0. The normalized spacial score (nSPS) is 23.7. The van der Waals surface area contributed by atoms with Gasteiger partial charge in [0.25, 0.3) is 0 Å². The van der Waals surface area contributed by atoms with Crippen LogP contribution in [0.15, 0.2) is 0 Å². The average Bonchev–Trinajstić information content (AvgIpc) is 1.21. The molecule has 0 rings (SSSR count). The van der Waals surface area contributed by atoms with Crippen LogP contribution >= 0.6 is 0 Å². The molecule has 0 spiro atoms. The number of hydrogen-bond acceptors (Lipinski definition) is 1. The standard InChI is InChI=1S/C2H3O.Ag.6FH/c1-2-3;;;;;;;/h1H3;;6*1H/q;+6;;;;;;/p-6. The first-order valence-corrected chi connectivity index (χ1v) is 5.64. The van der Waals surface area contributed by atoms with Gasteiger partial charge < -0.3 is 0 Å². The predicted molar refractivity (Wildman–Crippen MR) is 17.3 cm³/mol. The van der Waals surface area contributed by atoms with E-state index in [4.69, 9.17) is 0 Å². The van der Waals surface area contributed by atoms with Crippen molar-refractivity contribution >= 4 is 4.00 Å². The van der Waals surface area contributed by atoms with E-state index in [0.717, 1.165) is 0 Å². The van der Waals surface area contributed by atoms with E-state index in [2.05, 4.69) is 0 Å². The fourth-order valence-electron chi connectivity index (χ4n) is 0. The summed E-state index contributed by atoms with van der Waals surface area (Å²) in [6.07, 6.45) is 0. The summed E-state index contributed by atoms with van der Waals surface area (Å²) in [5, 5.41) is 0. The molecule has 0 bridgehead atoms. The van der Waals surface area contributed by atoms with E-state index in [1.807, 2.05) is 0 Å². The molecule has 0 aromatic rings. The second kappa shape index (κ2) is 0.997. The van der Waals surface area contributed by atoms with Crippen LogP contribution in [0.25, 0.3) is 0 Å². The van der Waals surface area contributed by atoms with Crippen LogP contribution in [0.3, 0.4) is 0 Å². The third-order valence-electron chi connectivity index (χ3n) is 0.481. The van der Waals surface area contributed by atoms with Gasteiger partial charge in [0.15, 0.2) is 0 Å². The van der Waals surface area contributed by atoms with Crippen LogP contribution < -0.4 is 0 Å². The zero-order valence-electron chi connectivity index (χ0n) is 4.48. The number of rotatable bonds is 1. The second-order valence-electron chi connectivity index (χ2n) is 1.40. The molecule has 0 aliphatic carbocycles. The van der Waals surface area contributed by atoms with Crippen LogP contribution in [0.4, 0.5) is 18.1 Å². The van der Waals surface area contributed by atoms with Crippen molar-refractivity contribution in [3.8, 4) is 0 Å². The molecule has 0 fully saturated rings. The average molecular weight is 265 g/mol. The molecular formula is C2H3AgF6O. The summed E-state index contributed by atoms with van der Waals surface area (Å²) in [5.74, 6) is 0. The van der Waals surface area contributed by atoms with E-state index < -0.39 is 27.4 Å². The van der Waals surface area contributed by atoms with Gasteiger partial charge in [-0.1, -0.05) is 0 Å². The van der Waals surface area contributed by atoms with Crippen molar-refractivity contribution in [3.05, 3.63) is 0 Å². The monoisotopic (exact) mass is 264 g/mol. The van der Waals surface area contributed by atoms with Crippen molar-refractivity contribution in [1.82, 2.24) is 0 Å². The summed E-state index contributed by atoms with van der Waals surface area (Å²) in [5.41, 5.74) is 0. The van der Waals surface area contributed by atoms with Crippen molar-refractivity contribution in [2.45, 2.75) is 6.92 Å². The summed E-state index contributed by atoms with van der Waals surface area (Å²) in [6.45, 7) is -0.544. The zero-order valence-corrected chi connectivity index (χ0v) is 5.96. The third-order valence-corrected chi connectivity index (χ3v) is 2.85. The number of carbonyl (C=O) groups excluding carboxylic acids is 1. The Balaban J connectivity index is 5.65. The first-order chi connectivity index (χ1) is 3.64. The van der Waals surface area contributed by atoms with Crippen LogP contribution in [0.2, 0.25) is 0 Å². The molecule has 10 heavy (non-hydrogen) atoms. The molecule has 0 aliphatic rings. The van der Waals surface area contributed by atoms with Gasteiger partial charge in [-0.15, -0.1) is 0 Å². The Hall–Kier alpha value is -0.00974. The molecule has 70 valence electrons. The second-order valence-corrected chi connectivity index (χ2v) is 7.31. The Bertz CT molecular complexity index is 194. The van der Waals surface area contributed by atoms with Crippen molar-refractivity contribution in [2.75, 3.05) is 0 Å². The Morgan fingerprint density at radius 1 is 1.00 bits per heavy atom. The summed E-state index contributed by atoms with van der Waals surface area (Å²) in [4.78, 5) is 9.25. The van der Waals surface area contributed by atoms with Crippen LogP contribution in [0, 0.1) is 0 Å². The molecule has 0 unspecified atom stereocenters. The summed E-state index contributed by atoms with van der Waals surface area (Å²) in [7, 11) is 0. The van der Waals surface area contributed by atoms with E-state index in [9.17, 15) is 22.9 Å². The minimum atomic E-state index is -12.2. The number of halogens is 6. The maximum atomic E-state index is 11.0. The minimum absolute atomic E-state index is 0.544. The molecular weight excluding hydrogens is 262 g/mol. The zero-order chi connectivity index (χ0) is 8.96. The molecule has 0 aromatic carbocycles. The summed E-state index contributed by atoms with van der Waals surface area (Å²) < 4.78 is 62.6.